The number of fused-ring (bicyclic) bond motifs is 1. The molecule has 26 heavy (non-hydrogen) atoms. The molecule has 0 aliphatic heterocycles. The maximum atomic E-state index is 12.7. The Morgan fingerprint density at radius 3 is 2.50 bits per heavy atom. The van der Waals surface area contributed by atoms with Crippen molar-refractivity contribution in [2.45, 2.75) is 13.8 Å². The van der Waals surface area contributed by atoms with E-state index in [1.54, 1.807) is 32.2 Å². The highest BCUT2D eigenvalue weighted by Gasteiger charge is 2.22. The van der Waals surface area contributed by atoms with Crippen LogP contribution in [0.3, 0.4) is 0 Å². The van der Waals surface area contributed by atoms with Gasteiger partial charge in [0.1, 0.15) is 5.58 Å². The predicted octanol–water partition coefficient (Wildman–Crippen LogP) is 4.41. The summed E-state index contributed by atoms with van der Waals surface area (Å²) in [5.74, 6) is -0.414. The van der Waals surface area contributed by atoms with Crippen LogP contribution in [0.1, 0.15) is 21.7 Å². The fourth-order valence-electron chi connectivity index (χ4n) is 2.70. The fourth-order valence-corrected chi connectivity index (χ4v) is 2.87. The quantitative estimate of drug-likeness (QED) is 0.739. The van der Waals surface area contributed by atoms with Crippen LogP contribution in [0.5, 0.6) is 0 Å². The Morgan fingerprint density at radius 1 is 1.12 bits per heavy atom. The third-order valence-corrected chi connectivity index (χ3v) is 4.39. The van der Waals surface area contributed by atoms with Crippen LogP contribution in [0.15, 0.2) is 46.9 Å². The van der Waals surface area contributed by atoms with Gasteiger partial charge < -0.3 is 14.6 Å². The zero-order valence-corrected chi connectivity index (χ0v) is 15.6. The van der Waals surface area contributed by atoms with E-state index in [1.165, 1.54) is 4.90 Å². The highest BCUT2D eigenvalue weighted by Crippen LogP contribution is 2.28. The number of likely N-dealkylation sites (N-methyl/N-ethyl adjacent to an activating group) is 1. The van der Waals surface area contributed by atoms with Gasteiger partial charge >= 0.3 is 0 Å². The van der Waals surface area contributed by atoms with Gasteiger partial charge in [-0.1, -0.05) is 29.3 Å². The molecule has 6 heteroatoms. The zero-order chi connectivity index (χ0) is 18.8. The van der Waals surface area contributed by atoms with E-state index < -0.39 is 0 Å². The van der Waals surface area contributed by atoms with Crippen molar-refractivity contribution >= 4 is 40.1 Å². The number of halogens is 1. The molecule has 1 heterocycles. The smallest absolute Gasteiger partial charge is 0.290 e. The fraction of sp³-hybridized carbons (Fsp3) is 0.200. The van der Waals surface area contributed by atoms with E-state index >= 15 is 0 Å². The third-order valence-electron chi connectivity index (χ3n) is 4.16. The average Bonchev–Trinajstić information content (AvgIpc) is 2.92. The summed E-state index contributed by atoms with van der Waals surface area (Å²) < 4.78 is 5.67. The van der Waals surface area contributed by atoms with Crippen LogP contribution in [-0.4, -0.2) is 30.3 Å². The van der Waals surface area contributed by atoms with Crippen LogP contribution in [0.4, 0.5) is 5.69 Å². The maximum absolute atomic E-state index is 12.7. The normalized spacial score (nSPS) is 10.8. The molecule has 2 amide bonds. The van der Waals surface area contributed by atoms with Gasteiger partial charge in [0, 0.05) is 28.7 Å². The summed E-state index contributed by atoms with van der Waals surface area (Å²) in [6, 6.07) is 12.7. The Balaban J connectivity index is 1.72. The van der Waals surface area contributed by atoms with E-state index in [1.807, 2.05) is 31.2 Å². The van der Waals surface area contributed by atoms with Crippen molar-refractivity contribution in [1.29, 1.82) is 0 Å². The van der Waals surface area contributed by atoms with Gasteiger partial charge in [0.2, 0.25) is 5.91 Å². The van der Waals surface area contributed by atoms with Gasteiger partial charge in [0.25, 0.3) is 5.91 Å². The molecule has 0 atom stereocenters. The first-order valence-electron chi connectivity index (χ1n) is 8.16. The number of rotatable bonds is 4. The zero-order valence-electron chi connectivity index (χ0n) is 14.8. The summed E-state index contributed by atoms with van der Waals surface area (Å²) in [7, 11) is 1.57. The number of nitrogens with one attached hydrogen (secondary N) is 1. The molecule has 0 bridgehead atoms. The summed E-state index contributed by atoms with van der Waals surface area (Å²) >= 11 is 6.01. The van der Waals surface area contributed by atoms with Crippen molar-refractivity contribution in [2.24, 2.45) is 0 Å². The number of amides is 2. The van der Waals surface area contributed by atoms with Gasteiger partial charge in [0.15, 0.2) is 5.76 Å². The predicted molar refractivity (Wildman–Crippen MR) is 103 cm³/mol. The van der Waals surface area contributed by atoms with Crippen molar-refractivity contribution in [2.75, 3.05) is 18.9 Å². The topological polar surface area (TPSA) is 62.6 Å². The van der Waals surface area contributed by atoms with Gasteiger partial charge in [-0.25, -0.2) is 0 Å². The molecule has 0 aliphatic carbocycles. The molecule has 3 rings (SSSR count). The Labute approximate surface area is 156 Å². The average molecular weight is 371 g/mol. The summed E-state index contributed by atoms with van der Waals surface area (Å²) in [6.07, 6.45) is 0. The number of furan rings is 1. The van der Waals surface area contributed by atoms with E-state index in [-0.39, 0.29) is 24.1 Å². The maximum Gasteiger partial charge on any atom is 0.290 e. The number of carbonyl (C=O) groups excluding carboxylic acids is 2. The van der Waals surface area contributed by atoms with E-state index in [2.05, 4.69) is 5.32 Å². The molecule has 0 unspecified atom stereocenters. The molecule has 0 radical (unpaired) electrons. The number of benzene rings is 2. The van der Waals surface area contributed by atoms with Crippen molar-refractivity contribution in [3.8, 4) is 0 Å². The summed E-state index contributed by atoms with van der Waals surface area (Å²) in [5.41, 5.74) is 3.10. The lowest BCUT2D eigenvalue weighted by molar-refractivity contribution is -0.116. The number of hydrogen-bond acceptors (Lipinski definition) is 3. The molecule has 0 saturated carbocycles. The molecular formula is C20H19ClN2O3. The highest BCUT2D eigenvalue weighted by molar-refractivity contribution is 6.31. The van der Waals surface area contributed by atoms with Crippen molar-refractivity contribution in [1.82, 2.24) is 4.90 Å². The van der Waals surface area contributed by atoms with Crippen molar-refractivity contribution in [3.05, 3.63) is 64.4 Å². The van der Waals surface area contributed by atoms with E-state index in [9.17, 15) is 9.59 Å². The Morgan fingerprint density at radius 2 is 1.81 bits per heavy atom. The van der Waals surface area contributed by atoms with Gasteiger partial charge in [-0.2, -0.15) is 0 Å². The first-order chi connectivity index (χ1) is 12.3. The Bertz CT molecular complexity index is 977. The minimum absolute atomic E-state index is 0.0794. The number of carbonyl (C=O) groups is 2. The summed E-state index contributed by atoms with van der Waals surface area (Å²) in [5, 5.41) is 4.14. The first kappa shape index (κ1) is 18.0. The first-order valence-corrected chi connectivity index (χ1v) is 8.53. The van der Waals surface area contributed by atoms with Crippen molar-refractivity contribution < 1.29 is 14.0 Å². The van der Waals surface area contributed by atoms with Gasteiger partial charge in [0.05, 0.1) is 6.54 Å². The molecule has 5 nitrogen and oxygen atoms in total. The van der Waals surface area contributed by atoms with Crippen LogP contribution in [0.2, 0.25) is 5.02 Å². The van der Waals surface area contributed by atoms with Gasteiger partial charge in [-0.05, 0) is 44.2 Å². The highest BCUT2D eigenvalue weighted by atomic mass is 35.5. The molecule has 1 N–H and O–H groups in total. The molecule has 1 aromatic heterocycles. The Kier molecular flexibility index (Phi) is 5.00. The molecule has 0 saturated heterocycles. The van der Waals surface area contributed by atoms with Crippen LogP contribution >= 0.6 is 11.6 Å². The molecule has 2 aromatic carbocycles. The molecule has 0 fully saturated rings. The number of aryl methyl sites for hydroxylation is 2. The molecule has 0 spiro atoms. The standard InChI is InChI=1S/C20H19ClN2O3/c1-12-4-7-15(8-5-12)22-18(24)11-23(3)20(25)19-13(2)16-10-14(21)6-9-17(16)26-19/h4-10H,11H2,1-3H3,(H,22,24). The van der Waals surface area contributed by atoms with E-state index in [4.69, 9.17) is 16.0 Å². The van der Waals surface area contributed by atoms with Crippen LogP contribution < -0.4 is 5.32 Å². The van der Waals surface area contributed by atoms with E-state index in [0.717, 1.165) is 10.9 Å². The monoisotopic (exact) mass is 370 g/mol. The van der Waals surface area contributed by atoms with Crippen LogP contribution in [-0.2, 0) is 4.79 Å². The van der Waals surface area contributed by atoms with Crippen LogP contribution in [0, 0.1) is 13.8 Å². The number of nitrogens with zero attached hydrogens (tertiary/aromatic N) is 1. The number of anilines is 1. The Hall–Kier alpha value is -2.79. The van der Waals surface area contributed by atoms with Crippen LogP contribution in [0.25, 0.3) is 11.0 Å². The minimum Gasteiger partial charge on any atom is -0.451 e. The van der Waals surface area contributed by atoms with Gasteiger partial charge in [-0.3, -0.25) is 9.59 Å². The summed E-state index contributed by atoms with van der Waals surface area (Å²) in [6.45, 7) is 3.69. The van der Waals surface area contributed by atoms with Crippen molar-refractivity contribution in [3.63, 3.8) is 0 Å². The lowest BCUT2D eigenvalue weighted by Gasteiger charge is -2.16. The minimum atomic E-state index is -0.353. The lowest BCUT2D eigenvalue weighted by atomic mass is 10.1. The van der Waals surface area contributed by atoms with E-state index in [0.29, 0.717) is 21.9 Å². The lowest BCUT2D eigenvalue weighted by Crippen LogP contribution is -2.35. The van der Waals surface area contributed by atoms with Gasteiger partial charge in [-0.15, -0.1) is 0 Å². The SMILES string of the molecule is Cc1ccc(NC(=O)CN(C)C(=O)c2oc3ccc(Cl)cc3c2C)cc1. The largest absolute Gasteiger partial charge is 0.451 e. The second-order valence-corrected chi connectivity index (χ2v) is 6.71. The molecular weight excluding hydrogens is 352 g/mol. The number of hydrogen-bond donors (Lipinski definition) is 1. The molecule has 134 valence electrons. The second kappa shape index (κ2) is 7.22. The summed E-state index contributed by atoms with van der Waals surface area (Å²) in [4.78, 5) is 26.2. The second-order valence-electron chi connectivity index (χ2n) is 6.27. The third kappa shape index (κ3) is 3.73. The molecule has 3 aromatic rings. The molecule has 0 aliphatic rings.